The highest BCUT2D eigenvalue weighted by molar-refractivity contribution is 5.89. The summed E-state index contributed by atoms with van der Waals surface area (Å²) in [7, 11) is 0. The van der Waals surface area contributed by atoms with Crippen molar-refractivity contribution in [3.63, 3.8) is 0 Å². The first kappa shape index (κ1) is 11.1. The number of ether oxygens (including phenoxy) is 1. The van der Waals surface area contributed by atoms with Crippen LogP contribution in [0.2, 0.25) is 0 Å². The fourth-order valence-electron chi connectivity index (χ4n) is 1.77. The molecule has 0 aliphatic heterocycles. The topological polar surface area (TPSA) is 26.3 Å². The SMILES string of the molecule is O=C(OCCC1CCC1)c1ccc(F)cc1. The van der Waals surface area contributed by atoms with Gasteiger partial charge in [-0.05, 0) is 36.6 Å². The molecule has 86 valence electrons. The van der Waals surface area contributed by atoms with E-state index in [0.29, 0.717) is 12.2 Å². The lowest BCUT2D eigenvalue weighted by Gasteiger charge is -2.24. The quantitative estimate of drug-likeness (QED) is 0.731. The van der Waals surface area contributed by atoms with Gasteiger partial charge in [0.15, 0.2) is 0 Å². The normalized spacial score (nSPS) is 15.6. The predicted molar refractivity (Wildman–Crippen MR) is 58.6 cm³/mol. The standard InChI is InChI=1S/C13H15FO2/c14-12-6-4-11(5-7-12)13(15)16-9-8-10-2-1-3-10/h4-7,10H,1-3,8-9H2. The monoisotopic (exact) mass is 222 g/mol. The number of hydrogen-bond acceptors (Lipinski definition) is 2. The maximum atomic E-state index is 12.6. The molecule has 1 aromatic carbocycles. The highest BCUT2D eigenvalue weighted by Crippen LogP contribution is 2.29. The van der Waals surface area contributed by atoms with E-state index in [1.165, 1.54) is 43.5 Å². The van der Waals surface area contributed by atoms with Crippen LogP contribution in [-0.2, 0) is 4.74 Å². The van der Waals surface area contributed by atoms with Crippen molar-refractivity contribution in [1.29, 1.82) is 0 Å². The van der Waals surface area contributed by atoms with Gasteiger partial charge in [-0.15, -0.1) is 0 Å². The zero-order chi connectivity index (χ0) is 11.4. The van der Waals surface area contributed by atoms with Crippen LogP contribution in [0.4, 0.5) is 4.39 Å². The van der Waals surface area contributed by atoms with E-state index in [4.69, 9.17) is 4.74 Å². The molecular formula is C13H15FO2. The van der Waals surface area contributed by atoms with Crippen molar-refractivity contribution in [2.24, 2.45) is 5.92 Å². The molecule has 0 radical (unpaired) electrons. The molecule has 1 aromatic rings. The number of benzene rings is 1. The Labute approximate surface area is 94.4 Å². The van der Waals surface area contributed by atoms with E-state index < -0.39 is 0 Å². The van der Waals surface area contributed by atoms with Crippen molar-refractivity contribution in [2.45, 2.75) is 25.7 Å². The van der Waals surface area contributed by atoms with Crippen molar-refractivity contribution in [1.82, 2.24) is 0 Å². The lowest BCUT2D eigenvalue weighted by molar-refractivity contribution is 0.0464. The van der Waals surface area contributed by atoms with Gasteiger partial charge in [-0.1, -0.05) is 19.3 Å². The third-order valence-corrected chi connectivity index (χ3v) is 3.06. The number of carbonyl (C=O) groups is 1. The van der Waals surface area contributed by atoms with Crippen LogP contribution in [0.5, 0.6) is 0 Å². The fourth-order valence-corrected chi connectivity index (χ4v) is 1.77. The van der Waals surface area contributed by atoms with Crippen LogP contribution < -0.4 is 0 Å². The van der Waals surface area contributed by atoms with Crippen LogP contribution in [0.15, 0.2) is 24.3 Å². The molecule has 2 nitrogen and oxygen atoms in total. The minimum atomic E-state index is -0.362. The van der Waals surface area contributed by atoms with Crippen molar-refractivity contribution in [3.8, 4) is 0 Å². The summed E-state index contributed by atoms with van der Waals surface area (Å²) in [5, 5.41) is 0. The Morgan fingerprint density at radius 1 is 1.31 bits per heavy atom. The van der Waals surface area contributed by atoms with Crippen LogP contribution in [0.3, 0.4) is 0 Å². The molecule has 0 N–H and O–H groups in total. The first-order chi connectivity index (χ1) is 7.75. The molecule has 0 aromatic heterocycles. The zero-order valence-corrected chi connectivity index (χ0v) is 9.12. The molecule has 16 heavy (non-hydrogen) atoms. The number of hydrogen-bond donors (Lipinski definition) is 0. The summed E-state index contributed by atoms with van der Waals surface area (Å²) in [6.07, 6.45) is 4.77. The third-order valence-electron chi connectivity index (χ3n) is 3.06. The molecule has 1 aliphatic carbocycles. The minimum Gasteiger partial charge on any atom is -0.462 e. The van der Waals surface area contributed by atoms with E-state index in [0.717, 1.165) is 12.3 Å². The first-order valence-electron chi connectivity index (χ1n) is 5.68. The highest BCUT2D eigenvalue weighted by atomic mass is 19.1. The molecule has 1 saturated carbocycles. The first-order valence-corrected chi connectivity index (χ1v) is 5.68. The van der Waals surface area contributed by atoms with Gasteiger partial charge in [0.1, 0.15) is 5.82 Å². The molecule has 0 spiro atoms. The van der Waals surface area contributed by atoms with E-state index in [1.54, 1.807) is 0 Å². The predicted octanol–water partition coefficient (Wildman–Crippen LogP) is 3.17. The minimum absolute atomic E-state index is 0.342. The summed E-state index contributed by atoms with van der Waals surface area (Å²) in [5.74, 6) is 0.0337. The van der Waals surface area contributed by atoms with Gasteiger partial charge in [-0.3, -0.25) is 0 Å². The van der Waals surface area contributed by atoms with Crippen LogP contribution in [0.25, 0.3) is 0 Å². The molecule has 0 bridgehead atoms. The highest BCUT2D eigenvalue weighted by Gasteiger charge is 2.17. The van der Waals surface area contributed by atoms with Gasteiger partial charge in [0.25, 0.3) is 0 Å². The van der Waals surface area contributed by atoms with Crippen molar-refractivity contribution in [3.05, 3.63) is 35.6 Å². The molecule has 0 atom stereocenters. The fraction of sp³-hybridized carbons (Fsp3) is 0.462. The van der Waals surface area contributed by atoms with Gasteiger partial charge < -0.3 is 4.74 Å². The Hall–Kier alpha value is -1.38. The van der Waals surface area contributed by atoms with Gasteiger partial charge in [0.05, 0.1) is 12.2 Å². The van der Waals surface area contributed by atoms with Crippen molar-refractivity contribution < 1.29 is 13.9 Å². The third kappa shape index (κ3) is 2.81. The average Bonchev–Trinajstić information content (AvgIpc) is 2.22. The number of rotatable bonds is 4. The van der Waals surface area contributed by atoms with Gasteiger partial charge in [-0.2, -0.15) is 0 Å². The summed E-state index contributed by atoms with van der Waals surface area (Å²) >= 11 is 0. The van der Waals surface area contributed by atoms with Crippen LogP contribution >= 0.6 is 0 Å². The second-order valence-corrected chi connectivity index (χ2v) is 4.23. The second kappa shape index (κ2) is 5.10. The van der Waals surface area contributed by atoms with Gasteiger partial charge in [-0.25, -0.2) is 9.18 Å². The van der Waals surface area contributed by atoms with Crippen LogP contribution in [0, 0.1) is 11.7 Å². The molecule has 0 unspecified atom stereocenters. The van der Waals surface area contributed by atoms with Gasteiger partial charge in [0.2, 0.25) is 0 Å². The van der Waals surface area contributed by atoms with Gasteiger partial charge in [0, 0.05) is 0 Å². The van der Waals surface area contributed by atoms with E-state index in [9.17, 15) is 9.18 Å². The zero-order valence-electron chi connectivity index (χ0n) is 9.12. The summed E-state index contributed by atoms with van der Waals surface area (Å²) in [5.41, 5.74) is 0.412. The Bertz CT molecular complexity index is 355. The van der Waals surface area contributed by atoms with Crippen molar-refractivity contribution >= 4 is 5.97 Å². The van der Waals surface area contributed by atoms with Crippen LogP contribution in [-0.4, -0.2) is 12.6 Å². The largest absolute Gasteiger partial charge is 0.462 e. The van der Waals surface area contributed by atoms with Gasteiger partial charge >= 0.3 is 5.97 Å². The number of halogens is 1. The smallest absolute Gasteiger partial charge is 0.338 e. The molecular weight excluding hydrogens is 207 g/mol. The summed E-state index contributed by atoms with van der Waals surface area (Å²) in [6, 6.07) is 5.42. The molecule has 0 amide bonds. The van der Waals surface area contributed by atoms with E-state index in [2.05, 4.69) is 0 Å². The Balaban J connectivity index is 1.76. The van der Waals surface area contributed by atoms with Crippen LogP contribution in [0.1, 0.15) is 36.0 Å². The number of esters is 1. The van der Waals surface area contributed by atoms with E-state index in [1.807, 2.05) is 0 Å². The Kier molecular flexibility index (Phi) is 3.54. The van der Waals surface area contributed by atoms with E-state index in [-0.39, 0.29) is 11.8 Å². The molecule has 3 heteroatoms. The lowest BCUT2D eigenvalue weighted by Crippen LogP contribution is -2.15. The molecule has 2 rings (SSSR count). The molecule has 0 heterocycles. The Morgan fingerprint density at radius 3 is 2.56 bits per heavy atom. The summed E-state index contributed by atoms with van der Waals surface area (Å²) in [4.78, 5) is 11.5. The second-order valence-electron chi connectivity index (χ2n) is 4.23. The maximum Gasteiger partial charge on any atom is 0.338 e. The summed E-state index contributed by atoms with van der Waals surface area (Å²) < 4.78 is 17.7. The molecule has 0 saturated heterocycles. The molecule has 1 aliphatic rings. The summed E-state index contributed by atoms with van der Waals surface area (Å²) in [6.45, 7) is 0.473. The van der Waals surface area contributed by atoms with Crippen molar-refractivity contribution in [2.75, 3.05) is 6.61 Å². The number of carbonyl (C=O) groups excluding carboxylic acids is 1. The maximum absolute atomic E-state index is 12.6. The Morgan fingerprint density at radius 2 is 2.00 bits per heavy atom. The molecule has 1 fully saturated rings. The van der Waals surface area contributed by atoms with E-state index >= 15 is 0 Å². The lowest BCUT2D eigenvalue weighted by atomic mass is 9.83. The average molecular weight is 222 g/mol.